The van der Waals surface area contributed by atoms with E-state index in [4.69, 9.17) is 9.47 Å². The van der Waals surface area contributed by atoms with Crippen molar-refractivity contribution < 1.29 is 28.6 Å². The molecule has 0 radical (unpaired) electrons. The first-order chi connectivity index (χ1) is 17.6. The molecule has 10 nitrogen and oxygen atoms in total. The van der Waals surface area contributed by atoms with Crippen molar-refractivity contribution in [3.63, 3.8) is 0 Å². The summed E-state index contributed by atoms with van der Waals surface area (Å²) in [6, 6.07) is 4.24. The molecule has 0 spiro atoms. The van der Waals surface area contributed by atoms with Crippen LogP contribution in [0.3, 0.4) is 0 Å². The van der Waals surface area contributed by atoms with Crippen molar-refractivity contribution >= 4 is 23.0 Å². The topological polar surface area (TPSA) is 123 Å². The second-order valence-corrected chi connectivity index (χ2v) is 9.36. The number of esters is 1. The van der Waals surface area contributed by atoms with Crippen molar-refractivity contribution in [1.82, 2.24) is 19.8 Å². The van der Waals surface area contributed by atoms with Crippen LogP contribution < -0.4 is 15.6 Å². The second kappa shape index (κ2) is 8.93. The van der Waals surface area contributed by atoms with Crippen LogP contribution in [0.25, 0.3) is 22.3 Å². The van der Waals surface area contributed by atoms with Crippen LogP contribution in [0.5, 0.6) is 5.75 Å². The number of carbonyl (C=O) groups excluding carboxylic acids is 2. The number of fused-ring (bicyclic) bond motifs is 5. The van der Waals surface area contributed by atoms with E-state index in [1.165, 1.54) is 21.6 Å². The van der Waals surface area contributed by atoms with Crippen LogP contribution in [-0.2, 0) is 28.3 Å². The standard InChI is InChI=1S/C26H27FN4O6/c1-5-26(35)17-9-20-22-15(11-31(20)23(32)16(17)12-36-24(26)33)13(2)14-8-21(18(27)10-19(14)29-22)37-25(34)30(4)7-6-28-3/h8-10,28,35H,5-7,11-12H2,1-4H3/t26-/m0/s1. The Kier molecular flexibility index (Phi) is 5.99. The average molecular weight is 511 g/mol. The van der Waals surface area contributed by atoms with Gasteiger partial charge in [-0.3, -0.25) is 4.79 Å². The van der Waals surface area contributed by atoms with Gasteiger partial charge in [0.25, 0.3) is 5.56 Å². The smallest absolute Gasteiger partial charge is 0.415 e. The van der Waals surface area contributed by atoms with Crippen LogP contribution in [0.2, 0.25) is 0 Å². The summed E-state index contributed by atoms with van der Waals surface area (Å²) >= 11 is 0. The molecule has 3 aromatic rings. The highest BCUT2D eigenvalue weighted by molar-refractivity contribution is 5.90. The summed E-state index contributed by atoms with van der Waals surface area (Å²) in [4.78, 5) is 44.1. The van der Waals surface area contributed by atoms with Crippen molar-refractivity contribution in [2.45, 2.75) is 39.0 Å². The van der Waals surface area contributed by atoms with Crippen LogP contribution in [0.15, 0.2) is 23.0 Å². The fraction of sp³-hybridized carbons (Fsp3) is 0.385. The van der Waals surface area contributed by atoms with Crippen LogP contribution >= 0.6 is 0 Å². The highest BCUT2D eigenvalue weighted by atomic mass is 19.1. The number of pyridine rings is 2. The molecule has 2 aliphatic rings. The number of hydrogen-bond donors (Lipinski definition) is 2. The molecule has 2 aliphatic heterocycles. The predicted molar refractivity (Wildman–Crippen MR) is 132 cm³/mol. The number of hydrogen-bond acceptors (Lipinski definition) is 8. The molecule has 194 valence electrons. The van der Waals surface area contributed by atoms with E-state index in [-0.39, 0.29) is 42.0 Å². The van der Waals surface area contributed by atoms with Crippen molar-refractivity contribution in [2.75, 3.05) is 27.2 Å². The van der Waals surface area contributed by atoms with Crippen molar-refractivity contribution in [2.24, 2.45) is 0 Å². The summed E-state index contributed by atoms with van der Waals surface area (Å²) in [6.45, 7) is 4.40. The molecule has 2 N–H and O–H groups in total. The van der Waals surface area contributed by atoms with Gasteiger partial charge in [0, 0.05) is 42.7 Å². The Labute approximate surface area is 211 Å². The Bertz CT molecular complexity index is 1530. The molecule has 0 saturated heterocycles. The number of ether oxygens (including phenoxy) is 2. The highest BCUT2D eigenvalue weighted by Gasteiger charge is 2.45. The van der Waals surface area contributed by atoms with E-state index in [0.29, 0.717) is 35.4 Å². The summed E-state index contributed by atoms with van der Waals surface area (Å²) in [6.07, 6.45) is -0.653. The lowest BCUT2D eigenvalue weighted by molar-refractivity contribution is -0.172. The summed E-state index contributed by atoms with van der Waals surface area (Å²) in [7, 11) is 3.32. The molecular weight excluding hydrogens is 483 g/mol. The number of nitrogens with zero attached hydrogens (tertiary/aromatic N) is 3. The zero-order chi connectivity index (χ0) is 26.6. The molecule has 0 saturated carbocycles. The molecule has 5 rings (SSSR count). The highest BCUT2D eigenvalue weighted by Crippen LogP contribution is 2.40. The van der Waals surface area contributed by atoms with Crippen LogP contribution in [0, 0.1) is 12.7 Å². The fourth-order valence-corrected chi connectivity index (χ4v) is 4.90. The third kappa shape index (κ3) is 3.77. The predicted octanol–water partition coefficient (Wildman–Crippen LogP) is 2.18. The number of likely N-dealkylation sites (N-methyl/N-ethyl adjacent to an activating group) is 2. The molecule has 0 fully saturated rings. The maximum atomic E-state index is 15.0. The molecule has 1 aromatic carbocycles. The van der Waals surface area contributed by atoms with Gasteiger partial charge >= 0.3 is 12.1 Å². The zero-order valence-corrected chi connectivity index (χ0v) is 21.0. The SMILES string of the molecule is CC[C@@]1(O)C(=O)OCc2c1cc1n(c2=O)Cc2c-1nc1cc(F)c(OC(=O)N(C)CCNC)cc1c2C. The lowest BCUT2D eigenvalue weighted by Gasteiger charge is -2.31. The van der Waals surface area contributed by atoms with Gasteiger partial charge in [-0.2, -0.15) is 0 Å². The number of aryl methyl sites for hydroxylation is 1. The molecule has 0 aliphatic carbocycles. The summed E-state index contributed by atoms with van der Waals surface area (Å²) in [5.74, 6) is -1.77. The van der Waals surface area contributed by atoms with Gasteiger partial charge in [0.05, 0.1) is 29.0 Å². The van der Waals surface area contributed by atoms with Crippen LogP contribution in [0.1, 0.15) is 35.6 Å². The lowest BCUT2D eigenvalue weighted by Crippen LogP contribution is -2.44. The first kappa shape index (κ1) is 24.8. The number of carbonyl (C=O) groups is 2. The quantitative estimate of drug-likeness (QED) is 0.392. The van der Waals surface area contributed by atoms with Crippen molar-refractivity contribution in [1.29, 1.82) is 0 Å². The first-order valence-corrected chi connectivity index (χ1v) is 12.0. The van der Waals surface area contributed by atoms with Gasteiger partial charge < -0.3 is 29.4 Å². The van der Waals surface area contributed by atoms with E-state index in [0.717, 1.165) is 11.1 Å². The minimum atomic E-state index is -1.93. The van der Waals surface area contributed by atoms with Gasteiger partial charge in [0.1, 0.15) is 6.61 Å². The zero-order valence-electron chi connectivity index (χ0n) is 21.0. The number of aromatic nitrogens is 2. The molecule has 1 amide bonds. The Morgan fingerprint density at radius 3 is 2.78 bits per heavy atom. The Hall–Kier alpha value is -3.83. The van der Waals surface area contributed by atoms with Crippen molar-refractivity contribution in [3.8, 4) is 17.1 Å². The fourth-order valence-electron chi connectivity index (χ4n) is 4.90. The van der Waals surface area contributed by atoms with Gasteiger partial charge in [0.15, 0.2) is 17.2 Å². The van der Waals surface area contributed by atoms with E-state index >= 15 is 0 Å². The maximum Gasteiger partial charge on any atom is 0.415 e. The molecule has 0 unspecified atom stereocenters. The van der Waals surface area contributed by atoms with E-state index in [9.17, 15) is 23.9 Å². The molecule has 37 heavy (non-hydrogen) atoms. The van der Waals surface area contributed by atoms with Gasteiger partial charge in [0.2, 0.25) is 0 Å². The molecular formula is C26H27FN4O6. The maximum absolute atomic E-state index is 15.0. The van der Waals surface area contributed by atoms with E-state index in [1.807, 2.05) is 6.92 Å². The third-order valence-corrected chi connectivity index (χ3v) is 7.23. The van der Waals surface area contributed by atoms with Crippen LogP contribution in [-0.4, -0.2) is 58.8 Å². The van der Waals surface area contributed by atoms with Gasteiger partial charge in [-0.05, 0) is 38.1 Å². The van der Waals surface area contributed by atoms with E-state index < -0.39 is 23.5 Å². The molecule has 4 heterocycles. The second-order valence-electron chi connectivity index (χ2n) is 9.36. The molecule has 1 atom stereocenters. The summed E-state index contributed by atoms with van der Waals surface area (Å²) in [5.41, 5.74) is 0.859. The summed E-state index contributed by atoms with van der Waals surface area (Å²) < 4.78 is 26.9. The Balaban J connectivity index is 1.60. The van der Waals surface area contributed by atoms with E-state index in [2.05, 4.69) is 10.3 Å². The normalized spacial score (nSPS) is 17.7. The molecule has 2 aromatic heterocycles. The Morgan fingerprint density at radius 2 is 2.08 bits per heavy atom. The number of cyclic esters (lactones) is 1. The number of halogens is 1. The number of nitrogens with one attached hydrogen (secondary N) is 1. The number of amides is 1. The number of aliphatic hydroxyl groups is 1. The monoisotopic (exact) mass is 510 g/mol. The lowest BCUT2D eigenvalue weighted by atomic mass is 9.86. The molecule has 11 heteroatoms. The summed E-state index contributed by atoms with van der Waals surface area (Å²) in [5, 5.41) is 14.5. The average Bonchev–Trinajstić information content (AvgIpc) is 3.25. The minimum absolute atomic E-state index is 0.0373. The third-order valence-electron chi connectivity index (χ3n) is 7.23. The van der Waals surface area contributed by atoms with Crippen LogP contribution in [0.4, 0.5) is 9.18 Å². The Morgan fingerprint density at radius 1 is 1.32 bits per heavy atom. The van der Waals surface area contributed by atoms with E-state index in [1.54, 1.807) is 27.1 Å². The number of rotatable bonds is 5. The largest absolute Gasteiger partial charge is 0.458 e. The van der Waals surface area contributed by atoms with Gasteiger partial charge in [-0.1, -0.05) is 6.92 Å². The molecule has 0 bridgehead atoms. The first-order valence-electron chi connectivity index (χ1n) is 12.0. The minimum Gasteiger partial charge on any atom is -0.458 e. The number of benzene rings is 1. The van der Waals surface area contributed by atoms with Crippen molar-refractivity contribution in [3.05, 3.63) is 56.6 Å². The van der Waals surface area contributed by atoms with Gasteiger partial charge in [-0.25, -0.2) is 19.0 Å². The van der Waals surface area contributed by atoms with Gasteiger partial charge in [-0.15, -0.1) is 0 Å².